The van der Waals surface area contributed by atoms with E-state index in [1.54, 1.807) is 13.0 Å². The van der Waals surface area contributed by atoms with E-state index in [0.29, 0.717) is 5.56 Å². The maximum Gasteiger partial charge on any atom is 0.335 e. The van der Waals surface area contributed by atoms with Crippen molar-refractivity contribution in [3.63, 3.8) is 0 Å². The summed E-state index contributed by atoms with van der Waals surface area (Å²) in [5.74, 6) is -0.898. The number of aromatic carboxylic acids is 1. The average molecular weight is 330 g/mol. The highest BCUT2D eigenvalue weighted by Gasteiger charge is 2.09. The first-order chi connectivity index (χ1) is 8.06. The van der Waals surface area contributed by atoms with Crippen molar-refractivity contribution in [1.29, 1.82) is 0 Å². The number of rotatable bonds is 3. The van der Waals surface area contributed by atoms with Crippen LogP contribution in [0, 0.1) is 6.92 Å². The lowest BCUT2D eigenvalue weighted by atomic mass is 10.1. The number of benzene rings is 1. The highest BCUT2D eigenvalue weighted by molar-refractivity contribution is 9.10. The predicted molar refractivity (Wildman–Crippen MR) is 72.1 cm³/mol. The van der Waals surface area contributed by atoms with E-state index in [1.165, 1.54) is 23.1 Å². The number of thiazole rings is 1. The zero-order valence-electron chi connectivity index (χ0n) is 8.81. The summed E-state index contributed by atoms with van der Waals surface area (Å²) in [6, 6.07) is 5.40. The number of carboxylic acid groups (broad SMARTS) is 1. The van der Waals surface area contributed by atoms with Gasteiger partial charge in [-0.2, -0.15) is 0 Å². The lowest BCUT2D eigenvalue weighted by Crippen LogP contribution is -1.99. The van der Waals surface area contributed by atoms with Crippen LogP contribution >= 0.6 is 39.0 Å². The summed E-state index contributed by atoms with van der Waals surface area (Å²) >= 11 is 6.27. The number of carbonyl (C=O) groups is 1. The molecule has 0 unspecified atom stereocenters. The van der Waals surface area contributed by atoms with Gasteiger partial charge in [-0.3, -0.25) is 0 Å². The first kappa shape index (κ1) is 12.6. The molecular formula is C11H8BrNO2S2. The molecular weight excluding hydrogens is 322 g/mol. The Morgan fingerprint density at radius 1 is 1.53 bits per heavy atom. The minimum atomic E-state index is -0.898. The Kier molecular flexibility index (Phi) is 3.86. The van der Waals surface area contributed by atoms with E-state index in [4.69, 9.17) is 5.11 Å². The Morgan fingerprint density at radius 2 is 2.29 bits per heavy atom. The van der Waals surface area contributed by atoms with E-state index < -0.39 is 5.97 Å². The van der Waals surface area contributed by atoms with Gasteiger partial charge in [0.05, 0.1) is 5.56 Å². The van der Waals surface area contributed by atoms with E-state index >= 15 is 0 Å². The molecule has 6 heteroatoms. The Bertz CT molecular complexity index is 568. The molecule has 2 rings (SSSR count). The maximum absolute atomic E-state index is 11.0. The van der Waals surface area contributed by atoms with Crippen LogP contribution in [0.1, 0.15) is 15.9 Å². The minimum absolute atomic E-state index is 0.339. The quantitative estimate of drug-likeness (QED) is 0.922. The first-order valence-electron chi connectivity index (χ1n) is 4.69. The standard InChI is InChI=1S/C11H8BrNO2S2/c1-6-2-3-7(4-8(6)10(14)15)17-11-13-9(12)5-16-11/h2-5H,1H3,(H,14,15). The van der Waals surface area contributed by atoms with Crippen LogP contribution in [-0.4, -0.2) is 16.1 Å². The molecule has 0 atom stereocenters. The molecule has 3 nitrogen and oxygen atoms in total. The summed E-state index contributed by atoms with van der Waals surface area (Å²) in [6.07, 6.45) is 0. The van der Waals surface area contributed by atoms with Gasteiger partial charge in [0.1, 0.15) is 4.60 Å². The lowest BCUT2D eigenvalue weighted by Gasteiger charge is -2.03. The molecule has 1 aromatic heterocycles. The van der Waals surface area contributed by atoms with Gasteiger partial charge in [-0.15, -0.1) is 11.3 Å². The maximum atomic E-state index is 11.0. The van der Waals surface area contributed by atoms with Crippen LogP contribution in [0.25, 0.3) is 0 Å². The Labute approximate surface area is 115 Å². The van der Waals surface area contributed by atoms with Gasteiger partial charge >= 0.3 is 5.97 Å². The molecule has 1 aromatic carbocycles. The average Bonchev–Trinajstić information content (AvgIpc) is 2.66. The molecule has 0 aliphatic carbocycles. The zero-order chi connectivity index (χ0) is 12.4. The van der Waals surface area contributed by atoms with Crippen LogP contribution in [0.3, 0.4) is 0 Å². The molecule has 0 fully saturated rings. The normalized spacial score (nSPS) is 10.5. The van der Waals surface area contributed by atoms with Crippen LogP contribution in [-0.2, 0) is 0 Å². The Balaban J connectivity index is 2.28. The fourth-order valence-electron chi connectivity index (χ4n) is 1.28. The summed E-state index contributed by atoms with van der Waals surface area (Å²) in [6.45, 7) is 1.79. The first-order valence-corrected chi connectivity index (χ1v) is 7.18. The number of nitrogens with zero attached hydrogens (tertiary/aromatic N) is 1. The van der Waals surface area contributed by atoms with Crippen molar-refractivity contribution in [3.8, 4) is 0 Å². The number of aryl methyl sites for hydroxylation is 1. The fraction of sp³-hybridized carbons (Fsp3) is 0.0909. The number of hydrogen-bond acceptors (Lipinski definition) is 4. The molecule has 0 aliphatic rings. The molecule has 17 heavy (non-hydrogen) atoms. The number of hydrogen-bond donors (Lipinski definition) is 1. The van der Waals surface area contributed by atoms with Gasteiger partial charge in [-0.05, 0) is 40.5 Å². The SMILES string of the molecule is Cc1ccc(Sc2nc(Br)cs2)cc1C(=O)O. The van der Waals surface area contributed by atoms with Gasteiger partial charge < -0.3 is 5.11 Å². The van der Waals surface area contributed by atoms with Crippen LogP contribution in [0.5, 0.6) is 0 Å². The van der Waals surface area contributed by atoms with E-state index in [1.807, 2.05) is 17.5 Å². The lowest BCUT2D eigenvalue weighted by molar-refractivity contribution is 0.0696. The van der Waals surface area contributed by atoms with Gasteiger partial charge in [0, 0.05) is 10.3 Å². The van der Waals surface area contributed by atoms with E-state index in [0.717, 1.165) is 19.4 Å². The van der Waals surface area contributed by atoms with Crippen molar-refractivity contribution in [3.05, 3.63) is 39.3 Å². The van der Waals surface area contributed by atoms with Crippen molar-refractivity contribution in [2.75, 3.05) is 0 Å². The largest absolute Gasteiger partial charge is 0.478 e. The zero-order valence-corrected chi connectivity index (χ0v) is 12.0. The summed E-state index contributed by atoms with van der Waals surface area (Å²) in [4.78, 5) is 16.1. The van der Waals surface area contributed by atoms with Crippen molar-refractivity contribution in [2.24, 2.45) is 0 Å². The van der Waals surface area contributed by atoms with Crippen LogP contribution in [0.2, 0.25) is 0 Å². The van der Waals surface area contributed by atoms with E-state index in [9.17, 15) is 4.79 Å². The molecule has 2 aromatic rings. The van der Waals surface area contributed by atoms with Crippen LogP contribution < -0.4 is 0 Å². The summed E-state index contributed by atoms with van der Waals surface area (Å²) in [5, 5.41) is 10.9. The third-order valence-electron chi connectivity index (χ3n) is 2.10. The van der Waals surface area contributed by atoms with E-state index in [2.05, 4.69) is 20.9 Å². The molecule has 88 valence electrons. The molecule has 0 bridgehead atoms. The molecule has 0 spiro atoms. The molecule has 0 amide bonds. The second kappa shape index (κ2) is 5.20. The molecule has 0 radical (unpaired) electrons. The molecule has 0 saturated carbocycles. The number of halogens is 1. The number of carboxylic acids is 1. The van der Waals surface area contributed by atoms with E-state index in [-0.39, 0.29) is 0 Å². The molecule has 0 saturated heterocycles. The third kappa shape index (κ3) is 3.08. The van der Waals surface area contributed by atoms with Gasteiger partial charge in [0.25, 0.3) is 0 Å². The Morgan fingerprint density at radius 3 is 2.88 bits per heavy atom. The van der Waals surface area contributed by atoms with Gasteiger partial charge in [-0.25, -0.2) is 9.78 Å². The van der Waals surface area contributed by atoms with Crippen molar-refractivity contribution in [2.45, 2.75) is 16.2 Å². The van der Waals surface area contributed by atoms with Gasteiger partial charge in [-0.1, -0.05) is 17.8 Å². The highest BCUT2D eigenvalue weighted by atomic mass is 79.9. The monoisotopic (exact) mass is 329 g/mol. The molecule has 0 aliphatic heterocycles. The summed E-state index contributed by atoms with van der Waals surface area (Å²) < 4.78 is 1.69. The topological polar surface area (TPSA) is 50.2 Å². The second-order valence-electron chi connectivity index (χ2n) is 3.32. The van der Waals surface area contributed by atoms with Crippen molar-refractivity contribution >= 4 is 45.0 Å². The van der Waals surface area contributed by atoms with Gasteiger partial charge in [0.15, 0.2) is 4.34 Å². The fourth-order valence-corrected chi connectivity index (χ4v) is 3.66. The third-order valence-corrected chi connectivity index (χ3v) is 4.74. The highest BCUT2D eigenvalue weighted by Crippen LogP contribution is 2.32. The van der Waals surface area contributed by atoms with Crippen molar-refractivity contribution < 1.29 is 9.90 Å². The molecule has 1 N–H and O–H groups in total. The predicted octanol–water partition coefficient (Wildman–Crippen LogP) is 4.06. The van der Waals surface area contributed by atoms with Crippen LogP contribution in [0.15, 0.2) is 37.4 Å². The summed E-state index contributed by atoms with van der Waals surface area (Å²) in [7, 11) is 0. The smallest absolute Gasteiger partial charge is 0.335 e. The van der Waals surface area contributed by atoms with Crippen molar-refractivity contribution in [1.82, 2.24) is 4.98 Å². The summed E-state index contributed by atoms with van der Waals surface area (Å²) in [5.41, 5.74) is 1.10. The number of aromatic nitrogens is 1. The Hall–Kier alpha value is -0.850. The minimum Gasteiger partial charge on any atom is -0.478 e. The van der Waals surface area contributed by atoms with Gasteiger partial charge in [0.2, 0.25) is 0 Å². The second-order valence-corrected chi connectivity index (χ2v) is 6.31. The molecule has 1 heterocycles. The van der Waals surface area contributed by atoms with Crippen LogP contribution in [0.4, 0.5) is 0 Å².